The molecule has 1 saturated heterocycles. The third-order valence-electron chi connectivity index (χ3n) is 4.26. The third kappa shape index (κ3) is 4.97. The molecular formula is C15H29NS2. The zero-order valence-corrected chi connectivity index (χ0v) is 13.5. The lowest BCUT2D eigenvalue weighted by molar-refractivity contribution is 0.297. The molecule has 1 saturated carbocycles. The molecule has 0 aromatic rings. The zero-order chi connectivity index (χ0) is 12.6. The normalized spacial score (nSPS) is 28.2. The van der Waals surface area contributed by atoms with E-state index in [1.165, 1.54) is 68.7 Å². The van der Waals surface area contributed by atoms with E-state index in [1.54, 1.807) is 0 Å². The summed E-state index contributed by atoms with van der Waals surface area (Å²) in [5, 5.41) is 4.72. The largest absolute Gasteiger partial charge is 0.313 e. The van der Waals surface area contributed by atoms with E-state index in [-0.39, 0.29) is 0 Å². The highest BCUT2D eigenvalue weighted by molar-refractivity contribution is 8.06. The van der Waals surface area contributed by atoms with Gasteiger partial charge < -0.3 is 5.32 Å². The molecule has 3 heteroatoms. The maximum Gasteiger partial charge on any atom is 0.0292 e. The molecule has 1 aliphatic heterocycles. The van der Waals surface area contributed by atoms with Crippen molar-refractivity contribution in [3.8, 4) is 0 Å². The van der Waals surface area contributed by atoms with Crippen LogP contribution < -0.4 is 5.32 Å². The SMILES string of the molecule is CCCNC(CC1CCCCC1)C1CSCCS1. The molecule has 1 aliphatic carbocycles. The van der Waals surface area contributed by atoms with Crippen molar-refractivity contribution in [2.24, 2.45) is 5.92 Å². The van der Waals surface area contributed by atoms with Crippen molar-refractivity contribution in [3.63, 3.8) is 0 Å². The Kier molecular flexibility index (Phi) is 7.32. The Morgan fingerprint density at radius 3 is 2.67 bits per heavy atom. The number of nitrogens with one attached hydrogen (secondary N) is 1. The van der Waals surface area contributed by atoms with Crippen molar-refractivity contribution in [1.29, 1.82) is 0 Å². The highest BCUT2D eigenvalue weighted by Gasteiger charge is 2.27. The van der Waals surface area contributed by atoms with Crippen LogP contribution in [0.5, 0.6) is 0 Å². The van der Waals surface area contributed by atoms with Crippen LogP contribution in [0.4, 0.5) is 0 Å². The molecule has 1 N–H and O–H groups in total. The summed E-state index contributed by atoms with van der Waals surface area (Å²) < 4.78 is 0. The van der Waals surface area contributed by atoms with E-state index in [2.05, 4.69) is 35.8 Å². The van der Waals surface area contributed by atoms with Gasteiger partial charge in [0.1, 0.15) is 0 Å². The fraction of sp³-hybridized carbons (Fsp3) is 1.00. The van der Waals surface area contributed by atoms with Crippen LogP contribution in [0.1, 0.15) is 51.9 Å². The quantitative estimate of drug-likeness (QED) is 0.787. The molecule has 0 radical (unpaired) electrons. The average Bonchev–Trinajstić information content (AvgIpc) is 2.45. The maximum atomic E-state index is 3.85. The van der Waals surface area contributed by atoms with Crippen LogP contribution in [-0.2, 0) is 0 Å². The van der Waals surface area contributed by atoms with Crippen molar-refractivity contribution < 1.29 is 0 Å². The lowest BCUT2D eigenvalue weighted by Crippen LogP contribution is -2.42. The van der Waals surface area contributed by atoms with Gasteiger partial charge in [-0.05, 0) is 25.3 Å². The summed E-state index contributed by atoms with van der Waals surface area (Å²) in [6.07, 6.45) is 10.2. The van der Waals surface area contributed by atoms with Crippen LogP contribution in [0.25, 0.3) is 0 Å². The molecule has 18 heavy (non-hydrogen) atoms. The molecule has 0 spiro atoms. The summed E-state index contributed by atoms with van der Waals surface area (Å²) in [5.41, 5.74) is 0. The van der Waals surface area contributed by atoms with Gasteiger partial charge in [0.05, 0.1) is 0 Å². The van der Waals surface area contributed by atoms with Crippen molar-refractivity contribution in [2.45, 2.75) is 63.2 Å². The Bertz CT molecular complexity index is 211. The Morgan fingerprint density at radius 1 is 1.17 bits per heavy atom. The second-order valence-electron chi connectivity index (χ2n) is 5.78. The van der Waals surface area contributed by atoms with E-state index >= 15 is 0 Å². The standard InChI is InChI=1S/C15H29NS2/c1-2-8-16-14(15-12-17-9-10-18-15)11-13-6-4-3-5-7-13/h13-16H,2-12H2,1H3. The highest BCUT2D eigenvalue weighted by atomic mass is 32.2. The first-order valence-corrected chi connectivity index (χ1v) is 10.0. The van der Waals surface area contributed by atoms with Gasteiger partial charge in [0.25, 0.3) is 0 Å². The number of thioether (sulfide) groups is 2. The molecular weight excluding hydrogens is 258 g/mol. The number of hydrogen-bond donors (Lipinski definition) is 1. The minimum absolute atomic E-state index is 0.783. The molecule has 2 aliphatic rings. The van der Waals surface area contributed by atoms with Crippen LogP contribution in [0.2, 0.25) is 0 Å². The number of rotatable bonds is 6. The first-order chi connectivity index (χ1) is 8.90. The molecule has 1 nitrogen and oxygen atoms in total. The van der Waals surface area contributed by atoms with Crippen molar-refractivity contribution in [3.05, 3.63) is 0 Å². The molecule has 0 aromatic heterocycles. The second kappa shape index (κ2) is 8.76. The van der Waals surface area contributed by atoms with Crippen molar-refractivity contribution >= 4 is 23.5 Å². The Balaban J connectivity index is 1.82. The third-order valence-corrected chi connectivity index (χ3v) is 7.18. The summed E-state index contributed by atoms with van der Waals surface area (Å²) in [5.74, 6) is 5.12. The first kappa shape index (κ1) is 15.1. The fourth-order valence-electron chi connectivity index (χ4n) is 3.22. The van der Waals surface area contributed by atoms with E-state index in [0.717, 1.165) is 17.2 Å². The molecule has 1 heterocycles. The minimum Gasteiger partial charge on any atom is -0.313 e. The highest BCUT2D eigenvalue weighted by Crippen LogP contribution is 2.33. The van der Waals surface area contributed by atoms with Crippen molar-refractivity contribution in [2.75, 3.05) is 23.8 Å². The lowest BCUT2D eigenvalue weighted by Gasteiger charge is -2.34. The molecule has 2 unspecified atom stereocenters. The topological polar surface area (TPSA) is 12.0 Å². The van der Waals surface area contributed by atoms with Crippen LogP contribution in [0.15, 0.2) is 0 Å². The summed E-state index contributed by atoms with van der Waals surface area (Å²) >= 11 is 4.39. The summed E-state index contributed by atoms with van der Waals surface area (Å²) in [4.78, 5) is 0. The molecule has 2 rings (SSSR count). The average molecular weight is 288 g/mol. The zero-order valence-electron chi connectivity index (χ0n) is 11.8. The van der Waals surface area contributed by atoms with Gasteiger partial charge in [0, 0.05) is 28.6 Å². The summed E-state index contributed by atoms with van der Waals surface area (Å²) in [6, 6.07) is 0.783. The fourth-order valence-corrected chi connectivity index (χ4v) is 6.12. The molecule has 0 aromatic carbocycles. The van der Waals surface area contributed by atoms with Gasteiger partial charge in [0.15, 0.2) is 0 Å². The Hall–Kier alpha value is 0.660. The van der Waals surface area contributed by atoms with Gasteiger partial charge in [-0.1, -0.05) is 39.0 Å². The van der Waals surface area contributed by atoms with Crippen LogP contribution in [0, 0.1) is 5.92 Å². The van der Waals surface area contributed by atoms with E-state index in [1.807, 2.05) is 0 Å². The monoisotopic (exact) mass is 287 g/mol. The predicted octanol–water partition coefficient (Wildman–Crippen LogP) is 4.17. The second-order valence-corrected chi connectivity index (χ2v) is 8.28. The summed E-state index contributed by atoms with van der Waals surface area (Å²) in [7, 11) is 0. The van der Waals surface area contributed by atoms with Gasteiger partial charge in [-0.3, -0.25) is 0 Å². The van der Waals surface area contributed by atoms with E-state index < -0.39 is 0 Å². The van der Waals surface area contributed by atoms with Gasteiger partial charge in [0.2, 0.25) is 0 Å². The van der Waals surface area contributed by atoms with E-state index in [4.69, 9.17) is 0 Å². The van der Waals surface area contributed by atoms with Crippen LogP contribution >= 0.6 is 23.5 Å². The summed E-state index contributed by atoms with van der Waals surface area (Å²) in [6.45, 7) is 3.49. The van der Waals surface area contributed by atoms with Gasteiger partial charge in [-0.15, -0.1) is 0 Å². The van der Waals surface area contributed by atoms with Crippen LogP contribution in [0.3, 0.4) is 0 Å². The molecule has 2 fully saturated rings. The first-order valence-electron chi connectivity index (χ1n) is 7.83. The molecule has 0 amide bonds. The minimum atomic E-state index is 0.783. The van der Waals surface area contributed by atoms with Crippen LogP contribution in [-0.4, -0.2) is 35.1 Å². The lowest BCUT2D eigenvalue weighted by atomic mass is 9.84. The Morgan fingerprint density at radius 2 is 2.00 bits per heavy atom. The molecule has 0 bridgehead atoms. The smallest absolute Gasteiger partial charge is 0.0292 e. The maximum absolute atomic E-state index is 3.85. The van der Waals surface area contributed by atoms with E-state index in [9.17, 15) is 0 Å². The van der Waals surface area contributed by atoms with Gasteiger partial charge >= 0.3 is 0 Å². The Labute approximate surface area is 122 Å². The van der Waals surface area contributed by atoms with E-state index in [0.29, 0.717) is 0 Å². The van der Waals surface area contributed by atoms with Gasteiger partial charge in [-0.2, -0.15) is 23.5 Å². The molecule has 2 atom stereocenters. The molecule has 106 valence electrons. The van der Waals surface area contributed by atoms with Gasteiger partial charge in [-0.25, -0.2) is 0 Å². The van der Waals surface area contributed by atoms with Crippen molar-refractivity contribution in [1.82, 2.24) is 5.32 Å². The number of hydrogen-bond acceptors (Lipinski definition) is 3. The predicted molar refractivity (Wildman–Crippen MR) is 86.8 cm³/mol.